The molecular formula is C18H24N4O4S. The average molecular weight is 392 g/mol. The zero-order valence-electron chi connectivity index (χ0n) is 15.1. The zero-order chi connectivity index (χ0) is 19.6. The predicted molar refractivity (Wildman–Crippen MR) is 101 cm³/mol. The van der Waals surface area contributed by atoms with Gasteiger partial charge in [-0.3, -0.25) is 14.4 Å². The molecule has 6 N–H and O–H groups in total. The normalized spacial score (nSPS) is 24.0. The first kappa shape index (κ1) is 19.3. The molecule has 2 unspecified atom stereocenters. The summed E-state index contributed by atoms with van der Waals surface area (Å²) < 4.78 is 6.89. The Hall–Kier alpha value is -2.42. The van der Waals surface area contributed by atoms with Crippen molar-refractivity contribution in [2.45, 2.75) is 55.7 Å². The van der Waals surface area contributed by atoms with Crippen LogP contribution in [0, 0.1) is 6.92 Å². The molecule has 1 aromatic rings. The van der Waals surface area contributed by atoms with Crippen LogP contribution in [0.25, 0.3) is 0 Å². The molecule has 0 spiro atoms. The highest BCUT2D eigenvalue weighted by atomic mass is 32.2. The van der Waals surface area contributed by atoms with Crippen molar-refractivity contribution in [1.29, 1.82) is 0 Å². The summed E-state index contributed by atoms with van der Waals surface area (Å²) in [5.74, 6) is -1.95. The van der Waals surface area contributed by atoms with Gasteiger partial charge in [-0.25, -0.2) is 0 Å². The van der Waals surface area contributed by atoms with Crippen LogP contribution in [0.15, 0.2) is 28.3 Å². The molecule has 2 aliphatic rings. The minimum absolute atomic E-state index is 0.0394. The molecule has 0 radical (unpaired) electrons. The summed E-state index contributed by atoms with van der Waals surface area (Å²) in [6, 6.07) is 3.42. The van der Waals surface area contributed by atoms with E-state index in [1.165, 1.54) is 6.08 Å². The number of carbonyl (C=O) groups is 3. The fraction of sp³-hybridized carbons (Fsp3) is 0.500. The van der Waals surface area contributed by atoms with Gasteiger partial charge in [-0.15, -0.1) is 0 Å². The van der Waals surface area contributed by atoms with Crippen LogP contribution in [-0.2, 0) is 14.4 Å². The molecule has 2 heterocycles. The Bertz CT molecular complexity index is 784. The monoisotopic (exact) mass is 392 g/mol. The second-order valence-electron chi connectivity index (χ2n) is 7.01. The number of hydrogen-bond acceptors (Lipinski definition) is 6. The van der Waals surface area contributed by atoms with E-state index in [-0.39, 0.29) is 17.6 Å². The first-order valence-electron chi connectivity index (χ1n) is 8.97. The van der Waals surface area contributed by atoms with Crippen molar-refractivity contribution in [1.82, 2.24) is 10.0 Å². The number of nitrogens with one attached hydrogen (secondary N) is 2. The quantitative estimate of drug-likeness (QED) is 0.532. The lowest BCUT2D eigenvalue weighted by molar-refractivity contribution is -0.128. The van der Waals surface area contributed by atoms with Crippen molar-refractivity contribution in [3.05, 3.63) is 35.4 Å². The smallest absolute Gasteiger partial charge is 0.265 e. The van der Waals surface area contributed by atoms with Gasteiger partial charge in [-0.1, -0.05) is 19.3 Å². The molecule has 1 aromatic heterocycles. The van der Waals surface area contributed by atoms with Crippen molar-refractivity contribution >= 4 is 29.7 Å². The molecule has 8 nitrogen and oxygen atoms in total. The third kappa shape index (κ3) is 3.83. The van der Waals surface area contributed by atoms with E-state index < -0.39 is 22.5 Å². The minimum Gasteiger partial charge on any atom is -0.465 e. The molecular weight excluding hydrogens is 368 g/mol. The molecule has 1 aliphatic heterocycles. The first-order valence-corrected chi connectivity index (χ1v) is 9.78. The van der Waals surface area contributed by atoms with Gasteiger partial charge in [0.25, 0.3) is 5.91 Å². The van der Waals surface area contributed by atoms with E-state index in [9.17, 15) is 14.4 Å². The number of aryl methyl sites for hydroxylation is 1. The van der Waals surface area contributed by atoms with Gasteiger partial charge in [0.2, 0.25) is 11.8 Å². The van der Waals surface area contributed by atoms with E-state index in [1.54, 1.807) is 19.1 Å². The summed E-state index contributed by atoms with van der Waals surface area (Å²) >= 11 is 0.898. The molecule has 9 heteroatoms. The Labute approximate surface area is 161 Å². The fourth-order valence-corrected chi connectivity index (χ4v) is 4.67. The van der Waals surface area contributed by atoms with Crippen molar-refractivity contribution in [3.63, 3.8) is 0 Å². The molecule has 27 heavy (non-hydrogen) atoms. The lowest BCUT2D eigenvalue weighted by Gasteiger charge is -2.31. The Morgan fingerprint density at radius 3 is 2.48 bits per heavy atom. The number of primary amides is 2. The highest BCUT2D eigenvalue weighted by Crippen LogP contribution is 2.45. The van der Waals surface area contributed by atoms with E-state index in [0.717, 1.165) is 44.1 Å². The molecule has 146 valence electrons. The number of rotatable bonds is 6. The standard InChI is InChI=1S/C18H24N4O4S/c1-10-7-8-13(26-10)14(16(24)21-11-5-3-2-4-6-11)18(17(20)25)9-12(15(19)23)22-27-18/h7-9,11,14,22H,2-6H2,1H3,(H2,19,23)(H2,20,25)(H,21,24). The largest absolute Gasteiger partial charge is 0.465 e. The highest BCUT2D eigenvalue weighted by Gasteiger charge is 2.53. The van der Waals surface area contributed by atoms with E-state index in [4.69, 9.17) is 15.9 Å². The number of hydrogen-bond donors (Lipinski definition) is 4. The first-order chi connectivity index (χ1) is 12.8. The molecule has 0 aromatic carbocycles. The summed E-state index contributed by atoms with van der Waals surface area (Å²) in [6.07, 6.45) is 6.39. The van der Waals surface area contributed by atoms with Crippen LogP contribution in [0.5, 0.6) is 0 Å². The number of furan rings is 1. The zero-order valence-corrected chi connectivity index (χ0v) is 15.9. The maximum atomic E-state index is 13.2. The molecule has 3 rings (SSSR count). The minimum atomic E-state index is -1.52. The van der Waals surface area contributed by atoms with E-state index in [1.807, 2.05) is 0 Å². The van der Waals surface area contributed by atoms with Crippen molar-refractivity contribution in [2.75, 3.05) is 0 Å². The fourth-order valence-electron chi connectivity index (χ4n) is 3.62. The maximum Gasteiger partial charge on any atom is 0.265 e. The van der Waals surface area contributed by atoms with E-state index in [2.05, 4.69) is 10.0 Å². The van der Waals surface area contributed by atoms with Crippen LogP contribution >= 0.6 is 11.9 Å². The third-order valence-corrected chi connectivity index (χ3v) is 6.24. The molecule has 2 atom stereocenters. The predicted octanol–water partition coefficient (Wildman–Crippen LogP) is 0.965. The topological polar surface area (TPSA) is 140 Å². The summed E-state index contributed by atoms with van der Waals surface area (Å²) in [5, 5.41) is 3.03. The number of nitrogens with two attached hydrogens (primary N) is 2. The number of carbonyl (C=O) groups excluding carboxylic acids is 3. The Balaban J connectivity index is 1.99. The van der Waals surface area contributed by atoms with Crippen LogP contribution in [0.3, 0.4) is 0 Å². The van der Waals surface area contributed by atoms with E-state index >= 15 is 0 Å². The SMILES string of the molecule is Cc1ccc(C(C(=O)NC2CCCCC2)C2(C(N)=O)C=C(C(N)=O)NS2)o1. The second-order valence-corrected chi connectivity index (χ2v) is 8.09. The molecule has 1 fully saturated rings. The third-order valence-electron chi connectivity index (χ3n) is 5.03. The molecule has 1 aliphatic carbocycles. The van der Waals surface area contributed by atoms with Gasteiger partial charge in [0.05, 0.1) is 0 Å². The maximum absolute atomic E-state index is 13.2. The second kappa shape index (κ2) is 7.67. The Kier molecular flexibility index (Phi) is 5.50. The van der Waals surface area contributed by atoms with Gasteiger partial charge in [0.1, 0.15) is 23.1 Å². The molecule has 0 bridgehead atoms. The van der Waals surface area contributed by atoms with Gasteiger partial charge in [0.15, 0.2) is 4.75 Å². The molecule has 3 amide bonds. The van der Waals surface area contributed by atoms with Gasteiger partial charge in [-0.05, 0) is 49.9 Å². The summed E-state index contributed by atoms with van der Waals surface area (Å²) in [7, 11) is 0. The van der Waals surface area contributed by atoms with Crippen molar-refractivity contribution in [3.8, 4) is 0 Å². The lowest BCUT2D eigenvalue weighted by Crippen LogP contribution is -2.51. The summed E-state index contributed by atoms with van der Waals surface area (Å²) in [4.78, 5) is 37.2. The highest BCUT2D eigenvalue weighted by molar-refractivity contribution is 8.00. The average Bonchev–Trinajstić information content (AvgIpc) is 3.24. The van der Waals surface area contributed by atoms with Crippen LogP contribution in [0.1, 0.15) is 49.5 Å². The molecule has 0 saturated heterocycles. The Morgan fingerprint density at radius 1 is 1.26 bits per heavy atom. The van der Waals surface area contributed by atoms with Crippen LogP contribution in [-0.4, -0.2) is 28.5 Å². The van der Waals surface area contributed by atoms with Crippen LogP contribution in [0.2, 0.25) is 0 Å². The van der Waals surface area contributed by atoms with Crippen LogP contribution < -0.4 is 21.5 Å². The van der Waals surface area contributed by atoms with Crippen molar-refractivity contribution < 1.29 is 18.8 Å². The van der Waals surface area contributed by atoms with Gasteiger partial charge in [0, 0.05) is 6.04 Å². The Morgan fingerprint density at radius 2 is 1.96 bits per heavy atom. The van der Waals surface area contributed by atoms with Gasteiger partial charge >= 0.3 is 0 Å². The van der Waals surface area contributed by atoms with Crippen molar-refractivity contribution in [2.24, 2.45) is 11.5 Å². The summed E-state index contributed by atoms with van der Waals surface area (Å²) in [6.45, 7) is 1.75. The summed E-state index contributed by atoms with van der Waals surface area (Å²) in [5.41, 5.74) is 11.1. The number of amides is 3. The molecule has 1 saturated carbocycles. The van der Waals surface area contributed by atoms with Gasteiger partial charge < -0.3 is 25.9 Å². The van der Waals surface area contributed by atoms with E-state index in [0.29, 0.717) is 11.5 Å². The lowest BCUT2D eigenvalue weighted by atomic mass is 9.85. The van der Waals surface area contributed by atoms with Gasteiger partial charge in [-0.2, -0.15) is 0 Å². The van der Waals surface area contributed by atoms with Crippen LogP contribution in [0.4, 0.5) is 0 Å².